The highest BCUT2D eigenvalue weighted by atomic mass is 32.2. The van der Waals surface area contributed by atoms with Crippen LogP contribution in [0, 0.1) is 5.92 Å². The van der Waals surface area contributed by atoms with Gasteiger partial charge in [-0.15, -0.1) is 21.5 Å². The summed E-state index contributed by atoms with van der Waals surface area (Å²) >= 11 is 2.99. The van der Waals surface area contributed by atoms with Crippen molar-refractivity contribution in [2.45, 2.75) is 30.2 Å². The highest BCUT2D eigenvalue weighted by Crippen LogP contribution is 2.29. The van der Waals surface area contributed by atoms with Gasteiger partial charge in [0.05, 0.1) is 16.0 Å². The Morgan fingerprint density at radius 3 is 2.92 bits per heavy atom. The van der Waals surface area contributed by atoms with Gasteiger partial charge in [0.2, 0.25) is 11.8 Å². The summed E-state index contributed by atoms with van der Waals surface area (Å²) in [5.41, 5.74) is 5.40. The highest BCUT2D eigenvalue weighted by molar-refractivity contribution is 8.00. The van der Waals surface area contributed by atoms with E-state index >= 15 is 0 Å². The molecule has 2 amide bonds. The number of piperidine rings is 1. The van der Waals surface area contributed by atoms with Crippen LogP contribution in [0.15, 0.2) is 22.7 Å². The molecule has 7 nitrogen and oxygen atoms in total. The fraction of sp³-hybridized carbons (Fsp3) is 0.500. The number of carbonyl (C=O) groups is 2. The van der Waals surface area contributed by atoms with Crippen LogP contribution in [0.2, 0.25) is 0 Å². The van der Waals surface area contributed by atoms with E-state index in [1.165, 1.54) is 11.8 Å². The first-order chi connectivity index (χ1) is 12.0. The monoisotopic (exact) mass is 379 g/mol. The Kier molecular flexibility index (Phi) is 5.43. The Labute approximate surface area is 154 Å². The molecule has 2 aromatic rings. The lowest BCUT2D eigenvalue weighted by Gasteiger charge is -2.32. The number of amides is 2. The molecule has 1 saturated heterocycles. The van der Waals surface area contributed by atoms with E-state index in [1.54, 1.807) is 16.2 Å². The number of likely N-dealkylation sites (tertiary alicyclic amines) is 1. The van der Waals surface area contributed by atoms with Crippen LogP contribution in [-0.4, -0.2) is 49.8 Å². The molecular weight excluding hydrogens is 358 g/mol. The Morgan fingerprint density at radius 2 is 2.24 bits per heavy atom. The van der Waals surface area contributed by atoms with Crippen LogP contribution in [-0.2, 0) is 16.6 Å². The lowest BCUT2D eigenvalue weighted by molar-refractivity contribution is -0.134. The summed E-state index contributed by atoms with van der Waals surface area (Å²) in [6.45, 7) is 2.95. The van der Waals surface area contributed by atoms with Gasteiger partial charge in [-0.1, -0.05) is 17.8 Å². The molecule has 3 heterocycles. The number of hydrogen-bond acceptors (Lipinski definition) is 6. The molecule has 0 saturated carbocycles. The van der Waals surface area contributed by atoms with Crippen LogP contribution in [0.4, 0.5) is 0 Å². The van der Waals surface area contributed by atoms with Crippen molar-refractivity contribution in [1.82, 2.24) is 19.7 Å². The largest absolute Gasteiger partial charge is 0.369 e. The summed E-state index contributed by atoms with van der Waals surface area (Å²) in [7, 11) is 1.90. The fourth-order valence-corrected chi connectivity index (χ4v) is 4.56. The molecule has 0 bridgehead atoms. The maximum absolute atomic E-state index is 12.7. The molecule has 1 aliphatic heterocycles. The Bertz CT molecular complexity index is 759. The van der Waals surface area contributed by atoms with Crippen molar-refractivity contribution in [3.8, 4) is 10.7 Å². The van der Waals surface area contributed by atoms with Gasteiger partial charge in [0.1, 0.15) is 0 Å². The van der Waals surface area contributed by atoms with E-state index < -0.39 is 0 Å². The smallest absolute Gasteiger partial charge is 0.235 e. The average Bonchev–Trinajstić information content (AvgIpc) is 3.25. The summed E-state index contributed by atoms with van der Waals surface area (Å²) in [5, 5.41) is 10.9. The topological polar surface area (TPSA) is 94.1 Å². The quantitative estimate of drug-likeness (QED) is 0.799. The molecule has 25 heavy (non-hydrogen) atoms. The van der Waals surface area contributed by atoms with Gasteiger partial charge in [-0.25, -0.2) is 0 Å². The molecule has 2 atom stereocenters. The van der Waals surface area contributed by atoms with Gasteiger partial charge in [0, 0.05) is 20.1 Å². The number of thioether (sulfide) groups is 1. The SMILES string of the molecule is CC(Sc1nnc(-c2cccs2)n1C)C(=O)N1CCCC(C(N)=O)C1. The molecule has 0 aromatic carbocycles. The number of nitrogens with zero attached hydrogens (tertiary/aromatic N) is 4. The third-order valence-corrected chi connectivity index (χ3v) is 6.33. The predicted molar refractivity (Wildman–Crippen MR) is 98.1 cm³/mol. The van der Waals surface area contributed by atoms with Crippen LogP contribution in [0.25, 0.3) is 10.7 Å². The van der Waals surface area contributed by atoms with Crippen molar-refractivity contribution < 1.29 is 9.59 Å². The molecule has 2 N–H and O–H groups in total. The molecule has 134 valence electrons. The fourth-order valence-electron chi connectivity index (χ4n) is 2.91. The van der Waals surface area contributed by atoms with Crippen molar-refractivity contribution in [2.75, 3.05) is 13.1 Å². The molecule has 3 rings (SSSR count). The van der Waals surface area contributed by atoms with E-state index in [9.17, 15) is 9.59 Å². The van der Waals surface area contributed by atoms with Crippen molar-refractivity contribution >= 4 is 34.9 Å². The van der Waals surface area contributed by atoms with Gasteiger partial charge in [0.15, 0.2) is 11.0 Å². The van der Waals surface area contributed by atoms with Crippen LogP contribution in [0.3, 0.4) is 0 Å². The Balaban J connectivity index is 1.67. The molecule has 1 fully saturated rings. The lowest BCUT2D eigenvalue weighted by Crippen LogP contribution is -2.46. The first-order valence-electron chi connectivity index (χ1n) is 8.15. The van der Waals surface area contributed by atoms with Gasteiger partial charge >= 0.3 is 0 Å². The number of primary amides is 1. The van der Waals surface area contributed by atoms with Crippen LogP contribution in [0.1, 0.15) is 19.8 Å². The predicted octanol–water partition coefficient (Wildman–Crippen LogP) is 1.75. The lowest BCUT2D eigenvalue weighted by atomic mass is 9.97. The number of carbonyl (C=O) groups excluding carboxylic acids is 2. The van der Waals surface area contributed by atoms with Gasteiger partial charge in [-0.2, -0.15) is 0 Å². The molecule has 2 unspecified atom stereocenters. The van der Waals surface area contributed by atoms with E-state index in [0.29, 0.717) is 18.2 Å². The second-order valence-corrected chi connectivity index (χ2v) is 8.38. The van der Waals surface area contributed by atoms with Crippen LogP contribution >= 0.6 is 23.1 Å². The molecular formula is C16H21N5O2S2. The van der Waals surface area contributed by atoms with Crippen molar-refractivity contribution in [2.24, 2.45) is 18.7 Å². The van der Waals surface area contributed by atoms with E-state index in [1.807, 2.05) is 36.1 Å². The minimum absolute atomic E-state index is 0.0108. The third kappa shape index (κ3) is 3.87. The van der Waals surface area contributed by atoms with E-state index in [4.69, 9.17) is 5.73 Å². The van der Waals surface area contributed by atoms with Gasteiger partial charge in [-0.3, -0.25) is 9.59 Å². The molecule has 0 aliphatic carbocycles. The summed E-state index contributed by atoms with van der Waals surface area (Å²) in [5.74, 6) is 0.238. The number of aromatic nitrogens is 3. The molecule has 0 radical (unpaired) electrons. The van der Waals surface area contributed by atoms with E-state index in [0.717, 1.165) is 23.5 Å². The van der Waals surface area contributed by atoms with E-state index in [2.05, 4.69) is 10.2 Å². The zero-order valence-corrected chi connectivity index (χ0v) is 15.8. The zero-order valence-electron chi connectivity index (χ0n) is 14.2. The minimum atomic E-state index is -0.327. The van der Waals surface area contributed by atoms with Gasteiger partial charge in [0.25, 0.3) is 0 Å². The van der Waals surface area contributed by atoms with Crippen molar-refractivity contribution in [3.05, 3.63) is 17.5 Å². The maximum atomic E-state index is 12.7. The summed E-state index contributed by atoms with van der Waals surface area (Å²) in [6, 6.07) is 3.97. The zero-order chi connectivity index (χ0) is 18.0. The highest BCUT2D eigenvalue weighted by Gasteiger charge is 2.30. The molecule has 0 spiro atoms. The molecule has 9 heteroatoms. The van der Waals surface area contributed by atoms with E-state index in [-0.39, 0.29) is 23.0 Å². The summed E-state index contributed by atoms with van der Waals surface area (Å²) in [6.07, 6.45) is 1.57. The van der Waals surface area contributed by atoms with Gasteiger partial charge in [-0.05, 0) is 31.2 Å². The molecule has 2 aromatic heterocycles. The maximum Gasteiger partial charge on any atom is 0.235 e. The second kappa shape index (κ2) is 7.57. The number of rotatable bonds is 5. The van der Waals surface area contributed by atoms with Gasteiger partial charge < -0.3 is 15.2 Å². The number of nitrogens with two attached hydrogens (primary N) is 1. The molecule has 1 aliphatic rings. The van der Waals surface area contributed by atoms with Crippen molar-refractivity contribution in [3.63, 3.8) is 0 Å². The minimum Gasteiger partial charge on any atom is -0.369 e. The standard InChI is InChI=1S/C16H21N5O2S2/c1-10(15(23)21-7-3-5-11(9-21)13(17)22)25-16-19-18-14(20(16)2)12-6-4-8-24-12/h4,6,8,10-11H,3,5,7,9H2,1-2H3,(H2,17,22). The average molecular weight is 380 g/mol. The first-order valence-corrected chi connectivity index (χ1v) is 9.91. The third-order valence-electron chi connectivity index (χ3n) is 4.34. The Hall–Kier alpha value is -1.87. The summed E-state index contributed by atoms with van der Waals surface area (Å²) in [4.78, 5) is 26.9. The summed E-state index contributed by atoms with van der Waals surface area (Å²) < 4.78 is 1.91. The van der Waals surface area contributed by atoms with Crippen LogP contribution in [0.5, 0.6) is 0 Å². The number of hydrogen-bond donors (Lipinski definition) is 1. The number of thiophene rings is 1. The van der Waals surface area contributed by atoms with Crippen molar-refractivity contribution in [1.29, 1.82) is 0 Å². The van der Waals surface area contributed by atoms with Crippen LogP contribution < -0.4 is 5.73 Å². The Morgan fingerprint density at radius 1 is 1.44 bits per heavy atom. The normalized spacial score (nSPS) is 19.0. The first kappa shape index (κ1) is 17.9. The second-order valence-electron chi connectivity index (χ2n) is 6.13.